The van der Waals surface area contributed by atoms with Crippen molar-refractivity contribution < 1.29 is 32.9 Å². The number of quaternary nitrogens is 1. The fraction of sp³-hybridized carbons (Fsp3) is 0.842. The van der Waals surface area contributed by atoms with Crippen molar-refractivity contribution in [1.82, 2.24) is 5.32 Å². The van der Waals surface area contributed by atoms with Crippen molar-refractivity contribution in [2.24, 2.45) is 0 Å². The van der Waals surface area contributed by atoms with Gasteiger partial charge in [-0.05, 0) is 57.8 Å². The molecule has 0 aliphatic heterocycles. The number of amides is 1. The summed E-state index contributed by atoms with van der Waals surface area (Å²) in [4.78, 5) is 23.3. The number of allylic oxidation sites excluding steroid dienone is 7. The van der Waals surface area contributed by atoms with Crippen LogP contribution < -0.4 is 5.32 Å². The Bertz CT molecular complexity index is 1210. The first kappa shape index (κ1) is 64.5. The van der Waals surface area contributed by atoms with E-state index in [9.17, 15) is 19.4 Å². The summed E-state index contributed by atoms with van der Waals surface area (Å²) >= 11 is 0. The van der Waals surface area contributed by atoms with Crippen molar-refractivity contribution >= 4 is 13.7 Å². The van der Waals surface area contributed by atoms with Gasteiger partial charge in [-0.25, -0.2) is 4.57 Å². The molecule has 0 aromatic heterocycles. The monoisotopic (exact) mass is 950 g/mol. The second-order valence-corrected chi connectivity index (χ2v) is 21.8. The molecule has 66 heavy (non-hydrogen) atoms. The van der Waals surface area contributed by atoms with Crippen LogP contribution >= 0.6 is 7.82 Å². The highest BCUT2D eigenvalue weighted by Crippen LogP contribution is 2.43. The molecule has 0 heterocycles. The topological polar surface area (TPSA) is 105 Å². The van der Waals surface area contributed by atoms with E-state index in [0.29, 0.717) is 17.4 Å². The van der Waals surface area contributed by atoms with Gasteiger partial charge in [0.1, 0.15) is 13.2 Å². The third kappa shape index (κ3) is 50.3. The minimum Gasteiger partial charge on any atom is -0.387 e. The van der Waals surface area contributed by atoms with Gasteiger partial charge in [0.25, 0.3) is 0 Å². The highest BCUT2D eigenvalue weighted by Gasteiger charge is 2.27. The number of carbonyl (C=O) groups excluding carboxylic acids is 1. The van der Waals surface area contributed by atoms with Gasteiger partial charge in [-0.15, -0.1) is 0 Å². The van der Waals surface area contributed by atoms with E-state index in [1.54, 1.807) is 6.08 Å². The van der Waals surface area contributed by atoms with E-state index in [1.165, 1.54) is 199 Å². The number of phosphoric acid groups is 1. The van der Waals surface area contributed by atoms with Crippen LogP contribution in [0.4, 0.5) is 0 Å². The second kappa shape index (κ2) is 48.5. The Hall–Kier alpha value is -1.54. The minimum atomic E-state index is -4.36. The molecule has 0 fully saturated rings. The van der Waals surface area contributed by atoms with Crippen molar-refractivity contribution in [1.29, 1.82) is 0 Å². The van der Waals surface area contributed by atoms with Crippen molar-refractivity contribution in [2.45, 2.75) is 270 Å². The van der Waals surface area contributed by atoms with Gasteiger partial charge in [0.05, 0.1) is 39.9 Å². The van der Waals surface area contributed by atoms with E-state index in [4.69, 9.17) is 9.05 Å². The Morgan fingerprint density at radius 2 is 0.879 bits per heavy atom. The van der Waals surface area contributed by atoms with E-state index in [1.807, 2.05) is 27.2 Å². The molecule has 0 saturated heterocycles. The molecular formula is C57H110N2O6P+. The maximum absolute atomic E-state index is 13.0. The van der Waals surface area contributed by atoms with Crippen molar-refractivity contribution in [3.63, 3.8) is 0 Å². The summed E-state index contributed by atoms with van der Waals surface area (Å²) in [5.41, 5.74) is 0. The van der Waals surface area contributed by atoms with E-state index in [-0.39, 0.29) is 19.1 Å². The standard InChI is InChI=1S/C57H109N2O6P/c1-6-8-10-12-14-16-18-20-22-24-26-27-28-29-30-31-33-34-36-38-40-42-44-46-48-50-56(60)55(54-65-66(62,63)64-53-52-59(3,4)5)58-57(61)51-49-47-45-43-41-39-37-35-32-25-23-21-19-17-15-13-11-9-7-2/h15,17,19,21,40,42,48,50,55-56,60H,6-14,16,18,20,22-39,41,43-47,49,51-54H2,1-5H3,(H-,58,61,62,63)/p+1/b17-15-,21-19-,42-40+,50-48+. The zero-order chi connectivity index (χ0) is 48.5. The molecule has 0 aromatic carbocycles. The van der Waals surface area contributed by atoms with Crippen LogP contribution in [0.3, 0.4) is 0 Å². The normalized spacial score (nSPS) is 14.3. The number of carbonyl (C=O) groups is 1. The molecule has 0 aliphatic rings. The van der Waals surface area contributed by atoms with Gasteiger partial charge < -0.3 is 19.8 Å². The highest BCUT2D eigenvalue weighted by atomic mass is 31.2. The Balaban J connectivity index is 4.28. The fourth-order valence-electron chi connectivity index (χ4n) is 8.11. The van der Waals surface area contributed by atoms with E-state index in [2.05, 4.69) is 55.6 Å². The van der Waals surface area contributed by atoms with Gasteiger partial charge in [0.15, 0.2) is 0 Å². The molecule has 0 bridgehead atoms. The van der Waals surface area contributed by atoms with Gasteiger partial charge in [-0.1, -0.05) is 242 Å². The largest absolute Gasteiger partial charge is 0.472 e. The molecule has 0 aromatic rings. The number of unbranched alkanes of at least 4 members (excludes halogenated alkanes) is 33. The molecule has 3 unspecified atom stereocenters. The zero-order valence-electron chi connectivity index (χ0n) is 44.2. The van der Waals surface area contributed by atoms with Gasteiger partial charge in [0, 0.05) is 6.42 Å². The highest BCUT2D eigenvalue weighted by molar-refractivity contribution is 7.47. The number of nitrogens with zero attached hydrogens (tertiary/aromatic N) is 1. The summed E-state index contributed by atoms with van der Waals surface area (Å²) in [5, 5.41) is 13.9. The number of nitrogens with one attached hydrogen (secondary N) is 1. The molecule has 8 nitrogen and oxygen atoms in total. The summed E-state index contributed by atoms with van der Waals surface area (Å²) in [6, 6.07) is -0.866. The second-order valence-electron chi connectivity index (χ2n) is 20.3. The molecule has 1 amide bonds. The summed E-state index contributed by atoms with van der Waals surface area (Å²) in [7, 11) is 1.55. The molecule has 388 valence electrons. The van der Waals surface area contributed by atoms with Crippen LogP contribution in [-0.2, 0) is 18.4 Å². The van der Waals surface area contributed by atoms with E-state index < -0.39 is 20.0 Å². The Morgan fingerprint density at radius 3 is 1.33 bits per heavy atom. The zero-order valence-corrected chi connectivity index (χ0v) is 45.1. The lowest BCUT2D eigenvalue weighted by atomic mass is 10.0. The van der Waals surface area contributed by atoms with Gasteiger partial charge in [0.2, 0.25) is 5.91 Å². The molecule has 3 atom stereocenters. The van der Waals surface area contributed by atoms with E-state index >= 15 is 0 Å². The SMILES string of the molecule is CCCCC/C=C\C=C/CCCCCCCCCCCCC(=O)NC(COP(=O)(O)OCC[N+](C)(C)C)C(O)/C=C/CC/C=C/CCCCCCCCCCCCCCCCCCCCC. The molecule has 0 radical (unpaired) electrons. The summed E-state index contributed by atoms with van der Waals surface area (Å²) in [5.74, 6) is -0.189. The average molecular weight is 950 g/mol. The van der Waals surface area contributed by atoms with Crippen molar-refractivity contribution in [3.8, 4) is 0 Å². The predicted molar refractivity (Wildman–Crippen MR) is 286 cm³/mol. The fourth-order valence-corrected chi connectivity index (χ4v) is 8.84. The number of likely N-dealkylation sites (N-methyl/N-ethyl adjacent to an activating group) is 1. The number of hydrogen-bond acceptors (Lipinski definition) is 5. The maximum atomic E-state index is 13.0. The Kier molecular flexibility index (Phi) is 47.4. The number of aliphatic hydroxyl groups is 1. The predicted octanol–water partition coefficient (Wildman–Crippen LogP) is 16.8. The summed E-state index contributed by atoms with van der Waals surface area (Å²) in [6.45, 7) is 4.79. The van der Waals surface area contributed by atoms with Crippen molar-refractivity contribution in [3.05, 3.63) is 48.6 Å². The van der Waals surface area contributed by atoms with Crippen LogP contribution in [0.1, 0.15) is 258 Å². The van der Waals surface area contributed by atoms with Gasteiger partial charge >= 0.3 is 7.82 Å². The van der Waals surface area contributed by atoms with Crippen molar-refractivity contribution in [2.75, 3.05) is 40.9 Å². The number of phosphoric ester groups is 1. The average Bonchev–Trinajstić information content (AvgIpc) is 3.28. The van der Waals surface area contributed by atoms with Crippen LogP contribution in [0.5, 0.6) is 0 Å². The van der Waals surface area contributed by atoms with Gasteiger partial charge in [-0.3, -0.25) is 13.8 Å². The van der Waals surface area contributed by atoms with Crippen LogP contribution in [0.2, 0.25) is 0 Å². The summed E-state index contributed by atoms with van der Waals surface area (Å²) in [6.07, 6.45) is 63.5. The molecule has 0 saturated carbocycles. The maximum Gasteiger partial charge on any atom is 0.472 e. The molecule has 3 N–H and O–H groups in total. The third-order valence-corrected chi connectivity index (χ3v) is 13.5. The lowest BCUT2D eigenvalue weighted by Crippen LogP contribution is -2.45. The number of rotatable bonds is 51. The third-order valence-electron chi connectivity index (χ3n) is 12.5. The quantitative estimate of drug-likeness (QED) is 0.0184. The summed E-state index contributed by atoms with van der Waals surface area (Å²) < 4.78 is 23.7. The van der Waals surface area contributed by atoms with Crippen LogP contribution in [0, 0.1) is 0 Å². The van der Waals surface area contributed by atoms with Crippen LogP contribution in [0.15, 0.2) is 48.6 Å². The lowest BCUT2D eigenvalue weighted by molar-refractivity contribution is -0.870. The molecule has 0 spiro atoms. The smallest absolute Gasteiger partial charge is 0.387 e. The molecule has 9 heteroatoms. The van der Waals surface area contributed by atoms with Crippen LogP contribution in [0.25, 0.3) is 0 Å². The number of hydrogen-bond donors (Lipinski definition) is 3. The first-order valence-electron chi connectivity index (χ1n) is 28.0. The minimum absolute atomic E-state index is 0.0548. The Labute approximate surface area is 409 Å². The molecular weight excluding hydrogens is 840 g/mol. The molecule has 0 aliphatic carbocycles. The molecule has 0 rings (SSSR count). The first-order chi connectivity index (χ1) is 32.0. The lowest BCUT2D eigenvalue weighted by Gasteiger charge is -2.25. The van der Waals surface area contributed by atoms with E-state index in [0.717, 1.165) is 38.5 Å². The first-order valence-corrected chi connectivity index (χ1v) is 29.5. The van der Waals surface area contributed by atoms with Gasteiger partial charge in [-0.2, -0.15) is 0 Å². The number of aliphatic hydroxyl groups excluding tert-OH is 1. The van der Waals surface area contributed by atoms with Crippen LogP contribution in [-0.4, -0.2) is 73.4 Å². The Morgan fingerprint density at radius 1 is 0.515 bits per heavy atom.